The van der Waals surface area contributed by atoms with E-state index in [2.05, 4.69) is 65.1 Å². The van der Waals surface area contributed by atoms with Crippen LogP contribution in [-0.2, 0) is 4.74 Å². The zero-order valence-electron chi connectivity index (χ0n) is 12.4. The molecule has 4 heteroatoms. The number of ether oxygens (including phenoxy) is 1. The van der Waals surface area contributed by atoms with Gasteiger partial charge in [-0.2, -0.15) is 0 Å². The van der Waals surface area contributed by atoms with E-state index in [-0.39, 0.29) is 0 Å². The van der Waals surface area contributed by atoms with Crippen molar-refractivity contribution in [3.05, 3.63) is 28.2 Å². The molecule has 1 aromatic carbocycles. The smallest absolute Gasteiger partial charge is 0.0637 e. The van der Waals surface area contributed by atoms with Gasteiger partial charge in [-0.05, 0) is 54.0 Å². The number of likely N-dealkylation sites (N-methyl/N-ethyl adjacent to an activating group) is 1. The predicted molar refractivity (Wildman–Crippen MR) is 86.0 cm³/mol. The molecule has 1 unspecified atom stereocenters. The lowest BCUT2D eigenvalue weighted by Crippen LogP contribution is -2.27. The Labute approximate surface area is 125 Å². The Hall–Kier alpha value is -0.580. The first-order valence-corrected chi connectivity index (χ1v) is 7.70. The highest BCUT2D eigenvalue weighted by molar-refractivity contribution is 9.10. The molecule has 0 spiro atoms. The molecule has 3 nitrogen and oxygen atoms in total. The normalized spacial score (nSPS) is 12.5. The molecule has 0 fully saturated rings. The van der Waals surface area contributed by atoms with E-state index < -0.39 is 0 Å². The van der Waals surface area contributed by atoms with Crippen LogP contribution in [-0.4, -0.2) is 33.4 Å². The summed E-state index contributed by atoms with van der Waals surface area (Å²) in [6.45, 7) is 10.1. The predicted octanol–water partition coefficient (Wildman–Crippen LogP) is 3.59. The second-order valence-electron chi connectivity index (χ2n) is 4.56. The molecule has 0 bridgehead atoms. The second-order valence-corrected chi connectivity index (χ2v) is 5.42. The number of methoxy groups -OCH3 is 1. The van der Waals surface area contributed by atoms with Gasteiger partial charge in [0.05, 0.1) is 12.3 Å². The molecular formula is C15H25BrN2O. The molecule has 108 valence electrons. The van der Waals surface area contributed by atoms with Gasteiger partial charge in [-0.25, -0.2) is 0 Å². The van der Waals surface area contributed by atoms with Crippen molar-refractivity contribution in [1.29, 1.82) is 0 Å². The minimum atomic E-state index is 0.379. The highest BCUT2D eigenvalue weighted by Crippen LogP contribution is 2.29. The number of nitrogens with one attached hydrogen (secondary N) is 1. The van der Waals surface area contributed by atoms with Gasteiger partial charge in [0.25, 0.3) is 0 Å². The van der Waals surface area contributed by atoms with Crippen LogP contribution < -0.4 is 10.2 Å². The van der Waals surface area contributed by atoms with Gasteiger partial charge in [-0.3, -0.25) is 0 Å². The van der Waals surface area contributed by atoms with Gasteiger partial charge < -0.3 is 15.0 Å². The summed E-state index contributed by atoms with van der Waals surface area (Å²) in [6, 6.07) is 6.97. The van der Waals surface area contributed by atoms with Gasteiger partial charge in [-0.15, -0.1) is 0 Å². The quantitative estimate of drug-likeness (QED) is 0.789. The number of anilines is 1. The number of halogens is 1. The van der Waals surface area contributed by atoms with Crippen LogP contribution in [0.5, 0.6) is 0 Å². The molecule has 0 aliphatic heterocycles. The number of rotatable bonds is 8. The van der Waals surface area contributed by atoms with Crippen molar-refractivity contribution >= 4 is 21.6 Å². The highest BCUT2D eigenvalue weighted by atomic mass is 79.9. The average molecular weight is 329 g/mol. The minimum absolute atomic E-state index is 0.379. The molecule has 0 radical (unpaired) electrons. The summed E-state index contributed by atoms with van der Waals surface area (Å²) in [7, 11) is 1.74. The first-order chi connectivity index (χ1) is 9.13. The standard InChI is InChI=1S/C15H25BrN2O/c1-5-17-12(3)13-7-8-15(14(16)11-13)18(6-2)9-10-19-4/h7-8,11-12,17H,5-6,9-10H2,1-4H3. The Balaban J connectivity index is 2.85. The fraction of sp³-hybridized carbons (Fsp3) is 0.600. The van der Waals surface area contributed by atoms with E-state index in [1.807, 2.05) is 0 Å². The molecule has 1 atom stereocenters. The molecule has 0 aliphatic rings. The molecule has 1 rings (SSSR count). The largest absolute Gasteiger partial charge is 0.383 e. The maximum Gasteiger partial charge on any atom is 0.0637 e. The molecule has 1 aromatic rings. The van der Waals surface area contributed by atoms with Gasteiger partial charge in [0.2, 0.25) is 0 Å². The van der Waals surface area contributed by atoms with Crippen molar-refractivity contribution in [3.8, 4) is 0 Å². The zero-order chi connectivity index (χ0) is 14.3. The van der Waals surface area contributed by atoms with Crippen LogP contribution in [0.1, 0.15) is 32.4 Å². The van der Waals surface area contributed by atoms with Gasteiger partial charge in [0.15, 0.2) is 0 Å². The minimum Gasteiger partial charge on any atom is -0.383 e. The molecule has 0 heterocycles. The summed E-state index contributed by atoms with van der Waals surface area (Å²) >= 11 is 3.69. The number of hydrogen-bond donors (Lipinski definition) is 1. The van der Waals surface area contributed by atoms with E-state index in [0.29, 0.717) is 6.04 Å². The Bertz CT molecular complexity index is 384. The van der Waals surface area contributed by atoms with Crippen molar-refractivity contribution in [2.24, 2.45) is 0 Å². The Morgan fingerprint density at radius 2 is 2.11 bits per heavy atom. The van der Waals surface area contributed by atoms with Crippen molar-refractivity contribution < 1.29 is 4.74 Å². The molecule has 1 N–H and O–H groups in total. The Morgan fingerprint density at radius 1 is 1.37 bits per heavy atom. The second kappa shape index (κ2) is 8.56. The third-order valence-corrected chi connectivity index (χ3v) is 3.90. The van der Waals surface area contributed by atoms with Crippen LogP contribution in [0.15, 0.2) is 22.7 Å². The van der Waals surface area contributed by atoms with Gasteiger partial charge in [0.1, 0.15) is 0 Å². The summed E-state index contributed by atoms with van der Waals surface area (Å²) in [5.74, 6) is 0. The van der Waals surface area contributed by atoms with Crippen molar-refractivity contribution in [3.63, 3.8) is 0 Å². The number of benzene rings is 1. The Morgan fingerprint density at radius 3 is 2.63 bits per heavy atom. The van der Waals surface area contributed by atoms with Crippen LogP contribution in [0.25, 0.3) is 0 Å². The van der Waals surface area contributed by atoms with Crippen molar-refractivity contribution in [2.45, 2.75) is 26.8 Å². The van der Waals surface area contributed by atoms with E-state index in [9.17, 15) is 0 Å². The fourth-order valence-corrected chi connectivity index (χ4v) is 2.77. The first kappa shape index (κ1) is 16.5. The zero-order valence-corrected chi connectivity index (χ0v) is 14.0. The molecule has 0 aromatic heterocycles. The lowest BCUT2D eigenvalue weighted by atomic mass is 10.1. The SMILES string of the molecule is CCNC(C)c1ccc(N(CC)CCOC)c(Br)c1. The van der Waals surface area contributed by atoms with E-state index in [0.717, 1.165) is 30.7 Å². The van der Waals surface area contributed by atoms with Crippen molar-refractivity contribution in [2.75, 3.05) is 38.3 Å². The summed E-state index contributed by atoms with van der Waals surface area (Å²) in [6.07, 6.45) is 0. The highest BCUT2D eigenvalue weighted by Gasteiger charge is 2.11. The average Bonchev–Trinajstić information content (AvgIpc) is 2.41. The molecule has 19 heavy (non-hydrogen) atoms. The summed E-state index contributed by atoms with van der Waals surface area (Å²) in [5.41, 5.74) is 2.53. The van der Waals surface area contributed by atoms with E-state index >= 15 is 0 Å². The maximum absolute atomic E-state index is 5.16. The maximum atomic E-state index is 5.16. The lowest BCUT2D eigenvalue weighted by Gasteiger charge is -2.25. The van der Waals surface area contributed by atoms with Gasteiger partial charge >= 0.3 is 0 Å². The fourth-order valence-electron chi connectivity index (χ4n) is 2.12. The van der Waals surface area contributed by atoms with Crippen LogP contribution >= 0.6 is 15.9 Å². The van der Waals surface area contributed by atoms with Gasteiger partial charge in [-0.1, -0.05) is 13.0 Å². The van der Waals surface area contributed by atoms with Crippen LogP contribution in [0.4, 0.5) is 5.69 Å². The van der Waals surface area contributed by atoms with Crippen molar-refractivity contribution in [1.82, 2.24) is 5.32 Å². The lowest BCUT2D eigenvalue weighted by molar-refractivity contribution is 0.205. The summed E-state index contributed by atoms with van der Waals surface area (Å²) in [5, 5.41) is 3.43. The Kier molecular flexibility index (Phi) is 7.42. The van der Waals surface area contributed by atoms with E-state index in [1.54, 1.807) is 7.11 Å². The monoisotopic (exact) mass is 328 g/mol. The molecule has 0 amide bonds. The summed E-state index contributed by atoms with van der Waals surface area (Å²) in [4.78, 5) is 2.31. The topological polar surface area (TPSA) is 24.5 Å². The van der Waals surface area contributed by atoms with Gasteiger partial charge in [0, 0.05) is 30.7 Å². The molecule has 0 saturated carbocycles. The van der Waals surface area contributed by atoms with Crippen LogP contribution in [0.2, 0.25) is 0 Å². The molecular weight excluding hydrogens is 304 g/mol. The molecule has 0 saturated heterocycles. The third kappa shape index (κ3) is 4.79. The van der Waals surface area contributed by atoms with E-state index in [1.165, 1.54) is 11.3 Å². The van der Waals surface area contributed by atoms with Crippen LogP contribution in [0, 0.1) is 0 Å². The summed E-state index contributed by atoms with van der Waals surface area (Å²) < 4.78 is 6.31. The number of nitrogens with zero attached hydrogens (tertiary/aromatic N) is 1. The first-order valence-electron chi connectivity index (χ1n) is 6.90. The van der Waals surface area contributed by atoms with Crippen LogP contribution in [0.3, 0.4) is 0 Å². The van der Waals surface area contributed by atoms with E-state index in [4.69, 9.17) is 4.74 Å². The molecule has 0 aliphatic carbocycles. The third-order valence-electron chi connectivity index (χ3n) is 3.27. The number of hydrogen-bond acceptors (Lipinski definition) is 3.